The van der Waals surface area contributed by atoms with Gasteiger partial charge >= 0.3 is 0 Å². The van der Waals surface area contributed by atoms with Crippen molar-refractivity contribution in [2.75, 3.05) is 23.3 Å². The molecule has 2 N–H and O–H groups in total. The molecule has 26 heavy (non-hydrogen) atoms. The molecule has 142 valence electrons. The molecule has 1 aromatic carbocycles. The number of piperidine rings is 1. The highest BCUT2D eigenvalue weighted by Gasteiger charge is 2.26. The van der Waals surface area contributed by atoms with Crippen molar-refractivity contribution in [1.29, 1.82) is 0 Å². The molecule has 1 saturated heterocycles. The molecule has 3 rings (SSSR count). The summed E-state index contributed by atoms with van der Waals surface area (Å²) in [6.45, 7) is 8.10. The van der Waals surface area contributed by atoms with E-state index in [1.165, 1.54) is 6.42 Å². The molecule has 0 unspecified atom stereocenters. The summed E-state index contributed by atoms with van der Waals surface area (Å²) >= 11 is 0. The lowest BCUT2D eigenvalue weighted by atomic mass is 9.92. The van der Waals surface area contributed by atoms with Gasteiger partial charge in [-0.3, -0.25) is 9.59 Å². The number of anilines is 2. The van der Waals surface area contributed by atoms with E-state index in [9.17, 15) is 9.59 Å². The maximum absolute atomic E-state index is 12.8. The fraction of sp³-hybridized carbons (Fsp3) is 0.619. The standard InChI is InChI=1S/C21H31N3O2/c1-21(2,3)14-19(25)22-16-9-10-18(24-11-5-4-6-12-24)17(13-16)20(26)23-15-7-8-15/h9-10,13,15H,4-8,11-12,14H2,1-3H3,(H,22,25)(H,23,26). The van der Waals surface area contributed by atoms with E-state index in [4.69, 9.17) is 0 Å². The number of carbonyl (C=O) groups excluding carboxylic acids is 2. The van der Waals surface area contributed by atoms with E-state index in [1.54, 1.807) is 0 Å². The molecule has 1 aliphatic heterocycles. The highest BCUT2D eigenvalue weighted by atomic mass is 16.2. The zero-order valence-electron chi connectivity index (χ0n) is 16.2. The molecule has 0 spiro atoms. The molecular weight excluding hydrogens is 326 g/mol. The van der Waals surface area contributed by atoms with Crippen LogP contribution in [0.2, 0.25) is 0 Å². The van der Waals surface area contributed by atoms with Crippen molar-refractivity contribution in [3.05, 3.63) is 23.8 Å². The molecule has 5 nitrogen and oxygen atoms in total. The van der Waals surface area contributed by atoms with Crippen LogP contribution in [0.15, 0.2) is 18.2 Å². The van der Waals surface area contributed by atoms with E-state index in [0.29, 0.717) is 23.7 Å². The van der Waals surface area contributed by atoms with Gasteiger partial charge in [-0.2, -0.15) is 0 Å². The monoisotopic (exact) mass is 357 g/mol. The normalized spacial score (nSPS) is 17.7. The van der Waals surface area contributed by atoms with Crippen molar-refractivity contribution < 1.29 is 9.59 Å². The Kier molecular flexibility index (Phi) is 5.54. The Morgan fingerprint density at radius 2 is 1.81 bits per heavy atom. The SMILES string of the molecule is CC(C)(C)CC(=O)Nc1ccc(N2CCCCC2)c(C(=O)NC2CC2)c1. The maximum atomic E-state index is 12.8. The Morgan fingerprint density at radius 1 is 1.12 bits per heavy atom. The van der Waals surface area contributed by atoms with Crippen molar-refractivity contribution >= 4 is 23.2 Å². The van der Waals surface area contributed by atoms with Crippen LogP contribution >= 0.6 is 0 Å². The first-order valence-corrected chi connectivity index (χ1v) is 9.81. The maximum Gasteiger partial charge on any atom is 0.253 e. The zero-order valence-corrected chi connectivity index (χ0v) is 16.2. The van der Waals surface area contributed by atoms with Gasteiger partial charge < -0.3 is 15.5 Å². The van der Waals surface area contributed by atoms with E-state index in [0.717, 1.165) is 44.5 Å². The Bertz CT molecular complexity index is 668. The van der Waals surface area contributed by atoms with Gasteiger partial charge in [-0.15, -0.1) is 0 Å². The number of benzene rings is 1. The molecule has 0 atom stereocenters. The number of nitrogens with one attached hydrogen (secondary N) is 2. The average molecular weight is 357 g/mol. The van der Waals surface area contributed by atoms with Crippen molar-refractivity contribution in [2.45, 2.75) is 65.3 Å². The van der Waals surface area contributed by atoms with Crippen molar-refractivity contribution in [3.8, 4) is 0 Å². The van der Waals surface area contributed by atoms with E-state index in [-0.39, 0.29) is 17.2 Å². The zero-order chi connectivity index (χ0) is 18.7. The van der Waals surface area contributed by atoms with Gasteiger partial charge in [0.15, 0.2) is 0 Å². The minimum atomic E-state index is -0.0655. The van der Waals surface area contributed by atoms with Crippen LogP contribution in [0.5, 0.6) is 0 Å². The largest absolute Gasteiger partial charge is 0.371 e. The molecule has 0 aromatic heterocycles. The Morgan fingerprint density at radius 3 is 2.42 bits per heavy atom. The Hall–Kier alpha value is -2.04. The van der Waals surface area contributed by atoms with Crippen molar-refractivity contribution in [1.82, 2.24) is 5.32 Å². The van der Waals surface area contributed by atoms with Crippen LogP contribution in [0.3, 0.4) is 0 Å². The van der Waals surface area contributed by atoms with Gasteiger partial charge in [0.2, 0.25) is 5.91 Å². The van der Waals surface area contributed by atoms with Gasteiger partial charge in [0.1, 0.15) is 0 Å². The van der Waals surface area contributed by atoms with Gasteiger partial charge in [-0.05, 0) is 55.7 Å². The highest BCUT2D eigenvalue weighted by molar-refractivity contribution is 6.02. The molecule has 0 bridgehead atoms. The van der Waals surface area contributed by atoms with E-state index < -0.39 is 0 Å². The van der Waals surface area contributed by atoms with E-state index >= 15 is 0 Å². The molecule has 2 aliphatic rings. The number of carbonyl (C=O) groups is 2. The summed E-state index contributed by atoms with van der Waals surface area (Å²) in [4.78, 5) is 27.3. The molecule has 2 fully saturated rings. The topological polar surface area (TPSA) is 61.4 Å². The predicted octanol–water partition coefficient (Wildman–Crippen LogP) is 3.94. The molecule has 5 heteroatoms. The summed E-state index contributed by atoms with van der Waals surface area (Å²) in [6.07, 6.45) is 6.15. The summed E-state index contributed by atoms with van der Waals surface area (Å²) in [5, 5.41) is 6.05. The number of rotatable bonds is 5. The van der Waals surface area contributed by atoms with Crippen molar-refractivity contribution in [3.63, 3.8) is 0 Å². The van der Waals surface area contributed by atoms with Crippen LogP contribution in [0.25, 0.3) is 0 Å². The van der Waals surface area contributed by atoms with Gasteiger partial charge in [0.25, 0.3) is 5.91 Å². The van der Waals surface area contributed by atoms with Gasteiger partial charge in [0.05, 0.1) is 5.56 Å². The van der Waals surface area contributed by atoms with Crippen LogP contribution in [0.4, 0.5) is 11.4 Å². The van der Waals surface area contributed by atoms with Crippen LogP contribution in [0, 0.1) is 5.41 Å². The average Bonchev–Trinajstić information content (AvgIpc) is 3.37. The molecule has 1 aliphatic carbocycles. The summed E-state index contributed by atoms with van der Waals surface area (Å²) in [5.41, 5.74) is 2.29. The van der Waals surface area contributed by atoms with Crippen LogP contribution in [-0.2, 0) is 4.79 Å². The number of nitrogens with zero attached hydrogens (tertiary/aromatic N) is 1. The number of hydrogen-bond acceptors (Lipinski definition) is 3. The third-order valence-corrected chi connectivity index (χ3v) is 4.83. The second-order valence-corrected chi connectivity index (χ2v) is 8.81. The van der Waals surface area contributed by atoms with Gasteiger partial charge in [0, 0.05) is 36.9 Å². The molecule has 0 radical (unpaired) electrons. The summed E-state index contributed by atoms with van der Waals surface area (Å²) in [6, 6.07) is 6.05. The predicted molar refractivity (Wildman–Crippen MR) is 106 cm³/mol. The first kappa shape index (κ1) is 18.7. The lowest BCUT2D eigenvalue weighted by Gasteiger charge is -2.30. The van der Waals surface area contributed by atoms with Crippen LogP contribution < -0.4 is 15.5 Å². The van der Waals surface area contributed by atoms with E-state index in [2.05, 4.69) is 15.5 Å². The number of amides is 2. The highest BCUT2D eigenvalue weighted by Crippen LogP contribution is 2.29. The second-order valence-electron chi connectivity index (χ2n) is 8.81. The minimum Gasteiger partial charge on any atom is -0.371 e. The molecule has 2 amide bonds. The summed E-state index contributed by atoms with van der Waals surface area (Å²) < 4.78 is 0. The lowest BCUT2D eigenvalue weighted by molar-refractivity contribution is -0.117. The summed E-state index contributed by atoms with van der Waals surface area (Å²) in [5.74, 6) is -0.0447. The fourth-order valence-corrected chi connectivity index (χ4v) is 3.38. The fourth-order valence-electron chi connectivity index (χ4n) is 3.38. The Balaban J connectivity index is 1.80. The third-order valence-electron chi connectivity index (χ3n) is 4.83. The van der Waals surface area contributed by atoms with Crippen LogP contribution in [-0.4, -0.2) is 30.9 Å². The second kappa shape index (κ2) is 7.68. The summed E-state index contributed by atoms with van der Waals surface area (Å²) in [7, 11) is 0. The first-order chi connectivity index (χ1) is 12.3. The van der Waals surface area contributed by atoms with Crippen LogP contribution in [0.1, 0.15) is 69.7 Å². The smallest absolute Gasteiger partial charge is 0.253 e. The van der Waals surface area contributed by atoms with E-state index in [1.807, 2.05) is 39.0 Å². The molecule has 1 heterocycles. The first-order valence-electron chi connectivity index (χ1n) is 9.81. The molecule has 1 aromatic rings. The van der Waals surface area contributed by atoms with Gasteiger partial charge in [-0.1, -0.05) is 20.8 Å². The van der Waals surface area contributed by atoms with Gasteiger partial charge in [-0.25, -0.2) is 0 Å². The quantitative estimate of drug-likeness (QED) is 0.839. The Labute approximate surface area is 156 Å². The molecular formula is C21H31N3O2. The number of hydrogen-bond donors (Lipinski definition) is 2. The minimum absolute atomic E-state index is 0.0169. The lowest BCUT2D eigenvalue weighted by Crippen LogP contribution is -2.33. The molecule has 1 saturated carbocycles. The van der Waals surface area contributed by atoms with Crippen molar-refractivity contribution in [2.24, 2.45) is 5.41 Å². The third kappa shape index (κ3) is 5.23.